The van der Waals surface area contributed by atoms with E-state index < -0.39 is 5.97 Å². The summed E-state index contributed by atoms with van der Waals surface area (Å²) in [7, 11) is 1.81. The molecule has 0 radical (unpaired) electrons. The second-order valence-electron chi connectivity index (χ2n) is 5.70. The molecule has 1 rings (SSSR count). The molecular weight excluding hydrogens is 220 g/mol. The number of carboxylic acid groups (broad SMARTS) is 1. The summed E-state index contributed by atoms with van der Waals surface area (Å²) < 4.78 is 5.68. The van der Waals surface area contributed by atoms with Crippen LogP contribution in [-0.2, 0) is 9.53 Å². The second kappa shape index (κ2) is 5.80. The quantitative estimate of drug-likeness (QED) is 0.780. The van der Waals surface area contributed by atoms with Gasteiger partial charge in [0.05, 0.1) is 19.3 Å². The molecule has 1 aliphatic heterocycles. The molecule has 5 heteroatoms. The minimum atomic E-state index is -0.795. The number of ether oxygens (including phenoxy) is 1. The average Bonchev–Trinajstić information content (AvgIpc) is 2.15. The largest absolute Gasteiger partial charge is 0.480 e. The van der Waals surface area contributed by atoms with Gasteiger partial charge < -0.3 is 9.84 Å². The van der Waals surface area contributed by atoms with Gasteiger partial charge in [-0.05, 0) is 27.8 Å². The number of carboxylic acids is 1. The first-order valence-electron chi connectivity index (χ1n) is 6.06. The van der Waals surface area contributed by atoms with Crippen molar-refractivity contribution in [3.05, 3.63) is 0 Å². The van der Waals surface area contributed by atoms with Crippen molar-refractivity contribution in [2.24, 2.45) is 0 Å². The van der Waals surface area contributed by atoms with Gasteiger partial charge in [-0.15, -0.1) is 0 Å². The van der Waals surface area contributed by atoms with E-state index in [4.69, 9.17) is 9.84 Å². The molecule has 0 aromatic carbocycles. The molecule has 1 saturated heterocycles. The maximum absolute atomic E-state index is 10.6. The summed E-state index contributed by atoms with van der Waals surface area (Å²) in [5.74, 6) is -0.795. The minimum Gasteiger partial charge on any atom is -0.480 e. The van der Waals surface area contributed by atoms with Gasteiger partial charge in [-0.2, -0.15) is 0 Å². The molecule has 1 atom stereocenters. The molecule has 1 aliphatic rings. The predicted octanol–water partition coefficient (Wildman–Crippen LogP) is 0.502. The van der Waals surface area contributed by atoms with Crippen molar-refractivity contribution < 1.29 is 14.6 Å². The normalized spacial score (nSPS) is 23.0. The van der Waals surface area contributed by atoms with E-state index >= 15 is 0 Å². The molecule has 0 aromatic rings. The lowest BCUT2D eigenvalue weighted by Crippen LogP contribution is -2.53. The Balaban J connectivity index is 2.42. The highest BCUT2D eigenvalue weighted by molar-refractivity contribution is 5.68. The van der Waals surface area contributed by atoms with Crippen LogP contribution in [0, 0.1) is 0 Å². The Labute approximate surface area is 103 Å². The number of carbonyl (C=O) groups is 1. The number of likely N-dealkylation sites (N-methyl/N-ethyl adjacent to an activating group) is 1. The Morgan fingerprint density at radius 2 is 2.18 bits per heavy atom. The Bertz CT molecular complexity index is 263. The Hall–Kier alpha value is -0.650. The number of rotatable bonds is 4. The van der Waals surface area contributed by atoms with Crippen LogP contribution in [0.4, 0.5) is 0 Å². The van der Waals surface area contributed by atoms with Crippen LogP contribution in [0.2, 0.25) is 0 Å². The highest BCUT2D eigenvalue weighted by Crippen LogP contribution is 2.17. The van der Waals surface area contributed by atoms with Gasteiger partial charge in [0, 0.05) is 25.2 Å². The van der Waals surface area contributed by atoms with Crippen molar-refractivity contribution in [2.75, 3.05) is 39.8 Å². The van der Waals surface area contributed by atoms with Crippen LogP contribution >= 0.6 is 0 Å². The van der Waals surface area contributed by atoms with E-state index in [0.29, 0.717) is 6.54 Å². The molecule has 0 bridgehead atoms. The third-order valence-corrected chi connectivity index (χ3v) is 3.01. The maximum Gasteiger partial charge on any atom is 0.317 e. The predicted molar refractivity (Wildman–Crippen MR) is 66.2 cm³/mol. The van der Waals surface area contributed by atoms with Gasteiger partial charge in [0.25, 0.3) is 0 Å². The van der Waals surface area contributed by atoms with Crippen LogP contribution in [0.3, 0.4) is 0 Å². The maximum atomic E-state index is 10.6. The average molecular weight is 244 g/mol. The second-order valence-corrected chi connectivity index (χ2v) is 5.70. The Morgan fingerprint density at radius 3 is 2.71 bits per heavy atom. The van der Waals surface area contributed by atoms with Gasteiger partial charge in [0.15, 0.2) is 0 Å². The van der Waals surface area contributed by atoms with E-state index in [9.17, 15) is 4.79 Å². The van der Waals surface area contributed by atoms with Crippen molar-refractivity contribution in [2.45, 2.75) is 32.4 Å². The summed E-state index contributed by atoms with van der Waals surface area (Å²) in [4.78, 5) is 14.8. The molecule has 5 nitrogen and oxygen atoms in total. The van der Waals surface area contributed by atoms with E-state index in [1.165, 1.54) is 0 Å². The number of morpholine rings is 1. The van der Waals surface area contributed by atoms with Crippen LogP contribution < -0.4 is 0 Å². The SMILES string of the molecule is CN(CC(=O)O)CC1CN(C(C)(C)C)CCO1. The fourth-order valence-electron chi connectivity index (χ4n) is 2.08. The zero-order chi connectivity index (χ0) is 13.1. The highest BCUT2D eigenvalue weighted by Gasteiger charge is 2.28. The first-order chi connectivity index (χ1) is 7.79. The monoisotopic (exact) mass is 244 g/mol. The third-order valence-electron chi connectivity index (χ3n) is 3.01. The lowest BCUT2D eigenvalue weighted by Gasteiger charge is -2.42. The van der Waals surface area contributed by atoms with Crippen LogP contribution in [0.5, 0.6) is 0 Å². The molecule has 0 aromatic heterocycles. The van der Waals surface area contributed by atoms with Crippen LogP contribution in [0.15, 0.2) is 0 Å². The molecule has 1 heterocycles. The van der Waals surface area contributed by atoms with Gasteiger partial charge in [-0.3, -0.25) is 14.6 Å². The molecule has 0 aliphatic carbocycles. The third kappa shape index (κ3) is 5.02. The standard InChI is InChI=1S/C12H24N2O3/c1-12(2,3)14-5-6-17-10(8-14)7-13(4)9-11(15)16/h10H,5-9H2,1-4H3,(H,15,16). The van der Waals surface area contributed by atoms with E-state index in [-0.39, 0.29) is 18.2 Å². The van der Waals surface area contributed by atoms with Gasteiger partial charge in [0.2, 0.25) is 0 Å². The molecule has 0 spiro atoms. The van der Waals surface area contributed by atoms with E-state index in [2.05, 4.69) is 25.7 Å². The van der Waals surface area contributed by atoms with Crippen LogP contribution in [0.1, 0.15) is 20.8 Å². The van der Waals surface area contributed by atoms with Crippen LogP contribution in [-0.4, -0.2) is 72.4 Å². The van der Waals surface area contributed by atoms with Crippen molar-refractivity contribution in [3.63, 3.8) is 0 Å². The van der Waals surface area contributed by atoms with E-state index in [1.54, 1.807) is 4.90 Å². The fourth-order valence-corrected chi connectivity index (χ4v) is 2.08. The lowest BCUT2D eigenvalue weighted by atomic mass is 10.0. The summed E-state index contributed by atoms with van der Waals surface area (Å²) in [6, 6.07) is 0. The molecule has 1 fully saturated rings. The first-order valence-corrected chi connectivity index (χ1v) is 6.06. The molecule has 100 valence electrons. The lowest BCUT2D eigenvalue weighted by molar-refractivity contribution is -0.138. The summed E-state index contributed by atoms with van der Waals surface area (Å²) in [6.45, 7) is 9.84. The molecular formula is C12H24N2O3. The van der Waals surface area contributed by atoms with Crippen LogP contribution in [0.25, 0.3) is 0 Å². The van der Waals surface area contributed by atoms with Crippen molar-refractivity contribution in [1.82, 2.24) is 9.80 Å². The zero-order valence-corrected chi connectivity index (χ0v) is 11.3. The van der Waals surface area contributed by atoms with Crippen molar-refractivity contribution in [1.29, 1.82) is 0 Å². The topological polar surface area (TPSA) is 53.0 Å². The number of nitrogens with zero attached hydrogens (tertiary/aromatic N) is 2. The summed E-state index contributed by atoms with van der Waals surface area (Å²) in [6.07, 6.45) is 0.104. The number of aliphatic carboxylic acids is 1. The summed E-state index contributed by atoms with van der Waals surface area (Å²) in [5, 5.41) is 8.70. The summed E-state index contributed by atoms with van der Waals surface area (Å²) >= 11 is 0. The van der Waals surface area contributed by atoms with Gasteiger partial charge in [0.1, 0.15) is 0 Å². The molecule has 1 N–H and O–H groups in total. The molecule has 17 heavy (non-hydrogen) atoms. The van der Waals surface area contributed by atoms with Gasteiger partial charge >= 0.3 is 5.97 Å². The van der Waals surface area contributed by atoms with Gasteiger partial charge in [-0.25, -0.2) is 0 Å². The van der Waals surface area contributed by atoms with E-state index in [0.717, 1.165) is 19.7 Å². The smallest absolute Gasteiger partial charge is 0.317 e. The van der Waals surface area contributed by atoms with Crippen molar-refractivity contribution >= 4 is 5.97 Å². The number of hydrogen-bond donors (Lipinski definition) is 1. The Morgan fingerprint density at radius 1 is 1.53 bits per heavy atom. The molecule has 0 amide bonds. The highest BCUT2D eigenvalue weighted by atomic mass is 16.5. The Kier molecular flexibility index (Phi) is 4.91. The number of hydrogen-bond acceptors (Lipinski definition) is 4. The summed E-state index contributed by atoms with van der Waals surface area (Å²) in [5.41, 5.74) is 0.146. The molecule has 1 unspecified atom stereocenters. The van der Waals surface area contributed by atoms with Crippen molar-refractivity contribution in [3.8, 4) is 0 Å². The van der Waals surface area contributed by atoms with E-state index in [1.807, 2.05) is 7.05 Å². The van der Waals surface area contributed by atoms with Gasteiger partial charge in [-0.1, -0.05) is 0 Å². The molecule has 0 saturated carbocycles. The minimum absolute atomic E-state index is 0.0649. The first kappa shape index (κ1) is 14.4. The zero-order valence-electron chi connectivity index (χ0n) is 11.3. The fraction of sp³-hybridized carbons (Fsp3) is 0.917.